The zero-order chi connectivity index (χ0) is 17.4. The summed E-state index contributed by atoms with van der Waals surface area (Å²) >= 11 is 0. The summed E-state index contributed by atoms with van der Waals surface area (Å²) in [7, 11) is 0. The summed E-state index contributed by atoms with van der Waals surface area (Å²) in [4.78, 5) is 6.65. The second kappa shape index (κ2) is 6.41. The molecule has 6 heteroatoms. The molecule has 2 unspecified atom stereocenters. The van der Waals surface area contributed by atoms with E-state index in [9.17, 15) is 0 Å². The fourth-order valence-electron chi connectivity index (χ4n) is 4.21. The highest BCUT2D eigenvalue weighted by molar-refractivity contribution is 5.56. The van der Waals surface area contributed by atoms with Gasteiger partial charge in [0, 0.05) is 50.8 Å². The van der Waals surface area contributed by atoms with Crippen LogP contribution >= 0.6 is 0 Å². The average molecular weight is 341 g/mol. The first-order valence-corrected chi connectivity index (χ1v) is 9.29. The summed E-state index contributed by atoms with van der Waals surface area (Å²) in [5.74, 6) is 3.49. The standard InChI is InChI=1S/C19H27N5O/c1-4-25-10-6-9-24-17(14-7-5-8-20-11-14)21-22-18(24)23-12-15-16(13-23)19(15,2)3/h5,7-8,11,15-16H,4,6,9-10,12-13H2,1-3H3. The minimum absolute atomic E-state index is 0.502. The van der Waals surface area contributed by atoms with Gasteiger partial charge in [0.2, 0.25) is 5.95 Å². The number of rotatable bonds is 7. The molecule has 1 saturated heterocycles. The molecule has 0 amide bonds. The molecule has 25 heavy (non-hydrogen) atoms. The number of piperidine rings is 1. The van der Waals surface area contributed by atoms with E-state index in [2.05, 4.69) is 38.5 Å². The number of fused-ring (bicyclic) bond motifs is 1. The van der Waals surface area contributed by atoms with Crippen molar-refractivity contribution in [2.75, 3.05) is 31.2 Å². The molecule has 4 rings (SSSR count). The molecule has 2 aromatic rings. The van der Waals surface area contributed by atoms with Gasteiger partial charge in [0.05, 0.1) is 0 Å². The fourth-order valence-corrected chi connectivity index (χ4v) is 4.21. The molecule has 1 saturated carbocycles. The van der Waals surface area contributed by atoms with Gasteiger partial charge in [0.15, 0.2) is 5.82 Å². The van der Waals surface area contributed by atoms with Crippen LogP contribution in [0.5, 0.6) is 0 Å². The number of aromatic nitrogens is 4. The zero-order valence-corrected chi connectivity index (χ0v) is 15.4. The molecule has 2 atom stereocenters. The van der Waals surface area contributed by atoms with Crippen molar-refractivity contribution in [3.63, 3.8) is 0 Å². The van der Waals surface area contributed by atoms with Crippen LogP contribution in [0.1, 0.15) is 27.2 Å². The first-order valence-electron chi connectivity index (χ1n) is 9.29. The van der Waals surface area contributed by atoms with Crippen LogP contribution in [-0.2, 0) is 11.3 Å². The molecule has 2 aromatic heterocycles. The predicted molar refractivity (Wildman–Crippen MR) is 97.3 cm³/mol. The van der Waals surface area contributed by atoms with Gasteiger partial charge in [0.1, 0.15) is 0 Å². The van der Waals surface area contributed by atoms with Crippen LogP contribution in [0, 0.1) is 17.3 Å². The van der Waals surface area contributed by atoms with Gasteiger partial charge >= 0.3 is 0 Å². The van der Waals surface area contributed by atoms with E-state index < -0.39 is 0 Å². The Bertz CT molecular complexity index is 713. The summed E-state index contributed by atoms with van der Waals surface area (Å²) in [5.41, 5.74) is 1.52. The SMILES string of the molecule is CCOCCCn1c(-c2cccnc2)nnc1N1CC2C(C1)C2(C)C. The number of anilines is 1. The average Bonchev–Trinajstić information content (AvgIpc) is 3.04. The Morgan fingerprint density at radius 3 is 2.72 bits per heavy atom. The Labute approximate surface area is 149 Å². The van der Waals surface area contributed by atoms with Gasteiger partial charge in [-0.1, -0.05) is 13.8 Å². The van der Waals surface area contributed by atoms with Crippen molar-refractivity contribution in [1.82, 2.24) is 19.7 Å². The third kappa shape index (κ3) is 2.92. The maximum absolute atomic E-state index is 5.51. The van der Waals surface area contributed by atoms with E-state index >= 15 is 0 Å². The Balaban J connectivity index is 1.57. The lowest BCUT2D eigenvalue weighted by atomic mass is 10.1. The van der Waals surface area contributed by atoms with Crippen molar-refractivity contribution >= 4 is 5.95 Å². The summed E-state index contributed by atoms with van der Waals surface area (Å²) in [6.07, 6.45) is 4.60. The molecule has 0 N–H and O–H groups in total. The molecule has 1 aliphatic carbocycles. The normalized spacial score (nSPS) is 23.7. The van der Waals surface area contributed by atoms with Gasteiger partial charge in [-0.2, -0.15) is 0 Å². The zero-order valence-electron chi connectivity index (χ0n) is 15.4. The molecule has 1 aliphatic heterocycles. The molecule has 0 bridgehead atoms. The van der Waals surface area contributed by atoms with Crippen molar-refractivity contribution in [3.05, 3.63) is 24.5 Å². The van der Waals surface area contributed by atoms with E-state index in [0.717, 1.165) is 68.4 Å². The monoisotopic (exact) mass is 341 g/mol. The van der Waals surface area contributed by atoms with Crippen molar-refractivity contribution in [2.24, 2.45) is 17.3 Å². The van der Waals surface area contributed by atoms with Gasteiger partial charge in [0.25, 0.3) is 0 Å². The molecule has 0 aromatic carbocycles. The number of pyridine rings is 1. The largest absolute Gasteiger partial charge is 0.382 e. The molecule has 0 radical (unpaired) electrons. The van der Waals surface area contributed by atoms with Crippen LogP contribution in [0.2, 0.25) is 0 Å². The minimum atomic E-state index is 0.502. The third-order valence-corrected chi connectivity index (χ3v) is 5.93. The first kappa shape index (κ1) is 16.5. The number of ether oxygens (including phenoxy) is 1. The van der Waals surface area contributed by atoms with Gasteiger partial charge in [-0.15, -0.1) is 10.2 Å². The first-order chi connectivity index (χ1) is 12.1. The van der Waals surface area contributed by atoms with Crippen LogP contribution < -0.4 is 4.90 Å². The molecule has 6 nitrogen and oxygen atoms in total. The lowest BCUT2D eigenvalue weighted by Crippen LogP contribution is -2.29. The van der Waals surface area contributed by atoms with Crippen molar-refractivity contribution in [3.8, 4) is 11.4 Å². The van der Waals surface area contributed by atoms with Crippen molar-refractivity contribution in [1.29, 1.82) is 0 Å². The highest BCUT2D eigenvalue weighted by Gasteiger charge is 2.62. The van der Waals surface area contributed by atoms with Gasteiger partial charge < -0.3 is 9.64 Å². The Hall–Kier alpha value is -1.95. The number of hydrogen-bond acceptors (Lipinski definition) is 5. The van der Waals surface area contributed by atoms with E-state index in [4.69, 9.17) is 4.74 Å². The van der Waals surface area contributed by atoms with Crippen molar-refractivity contribution < 1.29 is 4.74 Å². The molecule has 2 fully saturated rings. The van der Waals surface area contributed by atoms with E-state index in [1.165, 1.54) is 0 Å². The highest BCUT2D eigenvalue weighted by atomic mass is 16.5. The minimum Gasteiger partial charge on any atom is -0.382 e. The van der Waals surface area contributed by atoms with E-state index in [-0.39, 0.29) is 0 Å². The van der Waals surface area contributed by atoms with Gasteiger partial charge in [-0.25, -0.2) is 0 Å². The fraction of sp³-hybridized carbons (Fsp3) is 0.632. The van der Waals surface area contributed by atoms with Crippen molar-refractivity contribution in [2.45, 2.75) is 33.7 Å². The molecule has 134 valence electrons. The van der Waals surface area contributed by atoms with E-state index in [1.807, 2.05) is 25.3 Å². The summed E-state index contributed by atoms with van der Waals surface area (Å²) in [6, 6.07) is 3.99. The van der Waals surface area contributed by atoms with Crippen LogP contribution in [0.4, 0.5) is 5.95 Å². The van der Waals surface area contributed by atoms with Crippen LogP contribution in [0.25, 0.3) is 11.4 Å². The Morgan fingerprint density at radius 2 is 2.04 bits per heavy atom. The maximum Gasteiger partial charge on any atom is 0.227 e. The second-order valence-electron chi connectivity index (χ2n) is 7.71. The third-order valence-electron chi connectivity index (χ3n) is 5.93. The summed E-state index contributed by atoms with van der Waals surface area (Å²) in [6.45, 7) is 11.4. The molecule has 2 aliphatic rings. The van der Waals surface area contributed by atoms with Gasteiger partial charge in [-0.3, -0.25) is 9.55 Å². The topological polar surface area (TPSA) is 56.1 Å². The summed E-state index contributed by atoms with van der Waals surface area (Å²) in [5, 5.41) is 9.04. The van der Waals surface area contributed by atoms with Gasteiger partial charge in [-0.05, 0) is 42.7 Å². The molecule has 0 spiro atoms. The lowest BCUT2D eigenvalue weighted by molar-refractivity contribution is 0.142. The smallest absolute Gasteiger partial charge is 0.227 e. The summed E-state index contributed by atoms with van der Waals surface area (Å²) < 4.78 is 7.76. The van der Waals surface area contributed by atoms with Crippen LogP contribution in [0.15, 0.2) is 24.5 Å². The van der Waals surface area contributed by atoms with E-state index in [1.54, 1.807) is 6.20 Å². The van der Waals surface area contributed by atoms with Crippen LogP contribution in [-0.4, -0.2) is 46.1 Å². The second-order valence-corrected chi connectivity index (χ2v) is 7.71. The van der Waals surface area contributed by atoms with Crippen LogP contribution in [0.3, 0.4) is 0 Å². The number of hydrogen-bond donors (Lipinski definition) is 0. The Morgan fingerprint density at radius 1 is 1.24 bits per heavy atom. The lowest BCUT2D eigenvalue weighted by Gasteiger charge is -2.23. The quantitative estimate of drug-likeness (QED) is 0.725. The maximum atomic E-state index is 5.51. The Kier molecular flexibility index (Phi) is 4.23. The number of nitrogens with zero attached hydrogens (tertiary/aromatic N) is 5. The predicted octanol–water partition coefficient (Wildman–Crippen LogP) is 2.86. The molecular formula is C19H27N5O. The molecule has 3 heterocycles. The highest BCUT2D eigenvalue weighted by Crippen LogP contribution is 2.62. The van der Waals surface area contributed by atoms with E-state index in [0.29, 0.717) is 5.41 Å². The molecular weight excluding hydrogens is 314 g/mol.